The lowest BCUT2D eigenvalue weighted by Gasteiger charge is -2.29. The van der Waals surface area contributed by atoms with Gasteiger partial charge in [-0.1, -0.05) is 0 Å². The second kappa shape index (κ2) is 28.5. The van der Waals surface area contributed by atoms with Crippen molar-refractivity contribution in [3.63, 3.8) is 0 Å². The number of thioether (sulfide) groups is 1. The number of carboxylic acids is 1. The quantitative estimate of drug-likeness (QED) is 0.0147. The molecule has 0 saturated carbocycles. The number of primary amides is 1. The van der Waals surface area contributed by atoms with Gasteiger partial charge in [-0.3, -0.25) is 25.2 Å². The third-order valence-corrected chi connectivity index (χ3v) is 12.4. The van der Waals surface area contributed by atoms with Crippen LogP contribution in [0.15, 0.2) is 22.1 Å². The maximum absolute atomic E-state index is 13.8. The number of nitrogens with one attached hydrogen (secondary N) is 4. The number of aliphatic carboxylic acids is 1. The highest BCUT2D eigenvalue weighted by atomic mass is 32.2. The fraction of sp³-hybridized carbons (Fsp3) is 0.757. The van der Waals surface area contributed by atoms with Gasteiger partial charge in [0.05, 0.1) is 37.2 Å². The van der Waals surface area contributed by atoms with Crippen LogP contribution < -0.4 is 43.0 Å². The van der Waals surface area contributed by atoms with Crippen molar-refractivity contribution < 1.29 is 90.4 Å². The molecule has 1 aliphatic heterocycles. The van der Waals surface area contributed by atoms with Crippen LogP contribution in [0, 0.1) is 0 Å². The van der Waals surface area contributed by atoms with Gasteiger partial charge in [0.2, 0.25) is 11.7 Å². The van der Waals surface area contributed by atoms with Crippen LogP contribution in [-0.4, -0.2) is 221 Å². The van der Waals surface area contributed by atoms with Gasteiger partial charge in [-0.15, -0.1) is 11.8 Å². The average molecular weight is 1000 g/mol. The Bertz CT molecular complexity index is 1870. The van der Waals surface area contributed by atoms with Crippen LogP contribution in [0.3, 0.4) is 0 Å². The minimum absolute atomic E-state index is 0.0183. The monoisotopic (exact) mass is 1000 g/mol. The summed E-state index contributed by atoms with van der Waals surface area (Å²) in [5.41, 5.74) is 9.89. The van der Waals surface area contributed by atoms with Crippen LogP contribution in [0.4, 0.5) is 10.6 Å². The van der Waals surface area contributed by atoms with Gasteiger partial charge in [-0.25, -0.2) is 9.59 Å². The topological polar surface area (TPSA) is 479 Å². The molecular weight excluding hydrogens is 933 g/mol. The number of hydroxylamine groups is 6. The number of hydrogen-bond donors (Lipinski definition) is 19. The Kier molecular flexibility index (Phi) is 25.2. The zero-order valence-electron chi connectivity index (χ0n) is 37.9. The van der Waals surface area contributed by atoms with E-state index in [9.17, 15) is 90.7 Å². The van der Waals surface area contributed by atoms with E-state index >= 15 is 0 Å². The predicted molar refractivity (Wildman–Crippen MR) is 235 cm³/mol. The van der Waals surface area contributed by atoms with Gasteiger partial charge in [0.15, 0.2) is 17.6 Å². The van der Waals surface area contributed by atoms with Crippen molar-refractivity contribution in [2.45, 2.75) is 144 Å². The highest BCUT2D eigenvalue weighted by Crippen LogP contribution is 2.40. The number of carboxylic acid groups (broad SMARTS) is 1. The first kappa shape index (κ1) is 60.0. The molecule has 1 aromatic rings. The van der Waals surface area contributed by atoms with Crippen molar-refractivity contribution in [3.05, 3.63) is 22.7 Å². The highest BCUT2D eigenvalue weighted by Gasteiger charge is 2.52. The number of hydrogen-bond acceptors (Lipinski definition) is 24. The summed E-state index contributed by atoms with van der Waals surface area (Å²) in [6.45, 7) is 2.21. The van der Waals surface area contributed by atoms with Gasteiger partial charge in [0.1, 0.15) is 49.0 Å². The molecule has 1 aliphatic rings. The molecule has 0 radical (unpaired) electrons. The maximum atomic E-state index is 13.8. The number of carbonyl (C=O) groups excluding carboxylic acids is 3. The molecule has 2 rings (SSSR count). The number of nitrogens with two attached hydrogens (primary N) is 2. The number of nitrogens with zero attached hydrogens (tertiary/aromatic N) is 6. The van der Waals surface area contributed by atoms with E-state index in [0.717, 1.165) is 15.3 Å². The van der Waals surface area contributed by atoms with E-state index in [4.69, 9.17) is 11.5 Å². The third-order valence-electron chi connectivity index (χ3n) is 10.7. The minimum Gasteiger partial charge on any atom is -0.480 e. The lowest BCUT2D eigenvalue weighted by atomic mass is 10.00. The Hall–Kier alpha value is -4.10. The van der Waals surface area contributed by atoms with Gasteiger partial charge in [0.25, 0.3) is 5.91 Å². The third kappa shape index (κ3) is 18.0. The Morgan fingerprint density at radius 1 is 0.882 bits per heavy atom. The first-order valence-corrected chi connectivity index (χ1v) is 22.3. The zero-order chi connectivity index (χ0) is 51.7. The summed E-state index contributed by atoms with van der Waals surface area (Å²) < 4.78 is 1.89. The molecule has 1 fully saturated rings. The summed E-state index contributed by atoms with van der Waals surface area (Å²) in [5, 5.41) is 142. The van der Waals surface area contributed by atoms with Gasteiger partial charge in [0, 0.05) is 31.7 Å². The number of aliphatic imine (C=N–C) groups is 1. The second-order valence-corrected chi connectivity index (χ2v) is 17.4. The largest absolute Gasteiger partial charge is 0.500 e. The zero-order valence-corrected chi connectivity index (χ0v) is 38.7. The Morgan fingerprint density at radius 3 is 1.94 bits per heavy atom. The number of urea groups is 1. The molecule has 4 unspecified atom stereocenters. The molecule has 68 heavy (non-hydrogen) atoms. The van der Waals surface area contributed by atoms with E-state index in [1.807, 2.05) is 5.32 Å². The molecule has 0 aliphatic carbocycles. The van der Waals surface area contributed by atoms with Gasteiger partial charge in [-0.2, -0.15) is 29.1 Å². The van der Waals surface area contributed by atoms with E-state index in [1.54, 1.807) is 0 Å². The van der Waals surface area contributed by atoms with Crippen LogP contribution in [-0.2, 0) is 21.4 Å². The van der Waals surface area contributed by atoms with E-state index in [1.165, 1.54) is 33.9 Å². The van der Waals surface area contributed by atoms with Crippen molar-refractivity contribution in [2.75, 3.05) is 31.6 Å². The van der Waals surface area contributed by atoms with Gasteiger partial charge in [-0.05, 0) is 59.3 Å². The van der Waals surface area contributed by atoms with Crippen molar-refractivity contribution in [1.29, 1.82) is 0 Å². The van der Waals surface area contributed by atoms with Gasteiger partial charge >= 0.3 is 17.7 Å². The lowest BCUT2D eigenvalue weighted by Crippen LogP contribution is -2.59. The molecule has 21 N–H and O–H groups in total. The number of amides is 4. The summed E-state index contributed by atoms with van der Waals surface area (Å²) in [7, 11) is 1.26. The summed E-state index contributed by atoms with van der Waals surface area (Å²) in [6, 6.07) is -6.28. The average Bonchev–Trinajstić information content (AvgIpc) is 3.56. The Morgan fingerprint density at radius 2 is 1.43 bits per heavy atom. The van der Waals surface area contributed by atoms with Gasteiger partial charge < -0.3 is 88.8 Å². The SMILES string of the molecule is CC(O)N(O)CCC/C(=N\[C@@H](O)[C@@H](CCCN(O)C(C)O)N[C@@H](O)C(N)CCCN(O)C(C)O)C(=O)N[C@@H](CO)C(=O)N[C@@H](C(=O)O)[C@@H](O)[C@H]1S[C@@H]([n+]2ccc(NC(N)=O)n(C)c2=O)[C@@H](O)[C@@H]1O. The van der Waals surface area contributed by atoms with Crippen molar-refractivity contribution in [3.8, 4) is 0 Å². The molecule has 0 spiro atoms. The minimum atomic E-state index is -2.28. The first-order valence-electron chi connectivity index (χ1n) is 21.4. The molecule has 0 bridgehead atoms. The van der Waals surface area contributed by atoms with E-state index in [2.05, 4.69) is 20.9 Å². The summed E-state index contributed by atoms with van der Waals surface area (Å²) in [6.07, 6.45) is -12.3. The summed E-state index contributed by atoms with van der Waals surface area (Å²) in [4.78, 5) is 68.3. The highest BCUT2D eigenvalue weighted by molar-refractivity contribution is 8.00. The number of rotatable bonds is 30. The van der Waals surface area contributed by atoms with Crippen molar-refractivity contribution in [2.24, 2.45) is 23.5 Å². The van der Waals surface area contributed by atoms with Crippen molar-refractivity contribution in [1.82, 2.24) is 35.7 Å². The fourth-order valence-electron chi connectivity index (χ4n) is 6.65. The first-order chi connectivity index (χ1) is 31.7. The van der Waals surface area contributed by atoms with Crippen LogP contribution in [0.1, 0.15) is 64.7 Å². The number of anilines is 1. The van der Waals surface area contributed by atoms with Crippen LogP contribution >= 0.6 is 11.8 Å². The Balaban J connectivity index is 2.38. The standard InChI is InChI=1S/C37H68N12O18S/c1-17(51)47(65)12-5-8-20(38)30(57)40-21(9-6-13-48(66)18(2)52)31(58)41-22(10-7-14-49(67)19(3)53)32(59)42-23(16-50)33(60)44-25(35(61)62)26(54)29-27(55)28(56)34(68-29)46-15-11-24(43-36(39)63)45(4)37(46)64/h11,15,17-21,23,25-31,34,40,50-58,65-67H,5-10,12-14,16,38H2,1-4H3,(H5,39,42,44,59,60,61,62,63)/p+1/b41-22+/t17?,18?,19?,20?,21-,23+,25-,26-,27+,28+,29-,30+,31+,34-/m1/s1. The molecule has 30 nitrogen and oxygen atoms in total. The number of aliphatic hydroxyl groups excluding tert-OH is 9. The molecule has 1 saturated heterocycles. The number of aliphatic hydroxyl groups is 9. The van der Waals surface area contributed by atoms with Crippen LogP contribution in [0.5, 0.6) is 0 Å². The smallest absolute Gasteiger partial charge is 0.480 e. The number of aromatic nitrogens is 2. The molecule has 0 aromatic carbocycles. The van der Waals surface area contributed by atoms with E-state index in [0.29, 0.717) is 27.0 Å². The molecule has 390 valence electrons. The van der Waals surface area contributed by atoms with Crippen LogP contribution in [0.2, 0.25) is 0 Å². The predicted octanol–water partition coefficient (Wildman–Crippen LogP) is -7.30. The summed E-state index contributed by atoms with van der Waals surface area (Å²) >= 11 is 0.574. The summed E-state index contributed by atoms with van der Waals surface area (Å²) in [5.74, 6) is -4.52. The molecule has 31 heteroatoms. The van der Waals surface area contributed by atoms with Crippen LogP contribution in [0.25, 0.3) is 0 Å². The normalized spacial score (nSPS) is 22.2. The lowest BCUT2D eigenvalue weighted by molar-refractivity contribution is -0.724. The molecule has 4 amide bonds. The number of carbonyl (C=O) groups is 4. The Labute approximate surface area is 393 Å². The molecule has 1 aromatic heterocycles. The maximum Gasteiger partial charge on any atom is 0.500 e. The molecule has 14 atom stereocenters. The van der Waals surface area contributed by atoms with E-state index < -0.39 is 132 Å². The second-order valence-electron chi connectivity index (χ2n) is 16.1. The molecule has 2 heterocycles. The molecular formula is C37H69N12O18S+. The fourth-order valence-corrected chi connectivity index (χ4v) is 8.23. The van der Waals surface area contributed by atoms with Crippen molar-refractivity contribution >= 4 is 47.1 Å². The van der Waals surface area contributed by atoms with E-state index in [-0.39, 0.29) is 57.6 Å².